The first-order valence-corrected chi connectivity index (χ1v) is 10.1. The van der Waals surface area contributed by atoms with E-state index < -0.39 is 0 Å². The summed E-state index contributed by atoms with van der Waals surface area (Å²) in [6, 6.07) is 9.71. The number of nitrogens with zero attached hydrogens (tertiary/aromatic N) is 2. The molecule has 3 aromatic rings. The molecule has 0 unspecified atom stereocenters. The van der Waals surface area contributed by atoms with E-state index in [1.165, 1.54) is 9.71 Å². The first kappa shape index (κ1) is 17.4. The molecular formula is C20H20ClN3OS. The molecule has 0 aliphatic heterocycles. The first-order chi connectivity index (χ1) is 12.6. The fraction of sp³-hybridized carbons (Fsp3) is 0.350. The number of nitrogens with one attached hydrogen (secondary N) is 1. The Labute approximate surface area is 161 Å². The van der Waals surface area contributed by atoms with Gasteiger partial charge in [-0.15, -0.1) is 11.3 Å². The number of aryl methyl sites for hydroxylation is 1. The van der Waals surface area contributed by atoms with E-state index in [1.807, 2.05) is 31.2 Å². The summed E-state index contributed by atoms with van der Waals surface area (Å²) >= 11 is 7.82. The number of benzene rings is 1. The van der Waals surface area contributed by atoms with E-state index in [4.69, 9.17) is 16.6 Å². The second kappa shape index (κ2) is 7.33. The fourth-order valence-electron chi connectivity index (χ4n) is 3.53. The summed E-state index contributed by atoms with van der Waals surface area (Å²) in [7, 11) is 0. The van der Waals surface area contributed by atoms with Crippen molar-refractivity contribution >= 4 is 39.1 Å². The van der Waals surface area contributed by atoms with Crippen molar-refractivity contribution in [1.29, 1.82) is 0 Å². The van der Waals surface area contributed by atoms with Crippen LogP contribution in [0, 0.1) is 6.92 Å². The van der Waals surface area contributed by atoms with Gasteiger partial charge in [0, 0.05) is 34.4 Å². The molecule has 2 aromatic heterocycles. The number of hydrogen-bond donors (Lipinski definition) is 1. The summed E-state index contributed by atoms with van der Waals surface area (Å²) in [6.07, 6.45) is 5.75. The molecule has 0 atom stereocenters. The van der Waals surface area contributed by atoms with Gasteiger partial charge in [-0.05, 0) is 62.9 Å². The number of rotatable bonds is 3. The lowest BCUT2D eigenvalue weighted by Gasteiger charge is -2.28. The molecule has 1 aliphatic rings. The molecule has 1 saturated carbocycles. The second-order valence-corrected chi connectivity index (χ2v) is 8.37. The SMILES string of the molecule is Cc1cc(C(=O)NC2CCC(c3nc4cc(Cl)ccc4s3)CC2)ccn1. The zero-order valence-corrected chi connectivity index (χ0v) is 16.1. The zero-order chi connectivity index (χ0) is 18.1. The highest BCUT2D eigenvalue weighted by atomic mass is 35.5. The highest BCUT2D eigenvalue weighted by Gasteiger charge is 2.26. The molecule has 1 aliphatic carbocycles. The minimum absolute atomic E-state index is 0.00595. The Balaban J connectivity index is 1.38. The number of thiazole rings is 1. The molecular weight excluding hydrogens is 366 g/mol. The van der Waals surface area contributed by atoms with E-state index in [0.717, 1.165) is 41.9 Å². The summed E-state index contributed by atoms with van der Waals surface area (Å²) in [5, 5.41) is 5.09. The molecule has 0 bridgehead atoms. The Morgan fingerprint density at radius 2 is 2.00 bits per heavy atom. The number of pyridine rings is 1. The summed E-state index contributed by atoms with van der Waals surface area (Å²) in [5.41, 5.74) is 2.53. The van der Waals surface area contributed by atoms with Gasteiger partial charge in [-0.25, -0.2) is 4.98 Å². The number of amides is 1. The van der Waals surface area contributed by atoms with Gasteiger partial charge >= 0.3 is 0 Å². The van der Waals surface area contributed by atoms with Gasteiger partial charge in [0.05, 0.1) is 15.2 Å². The van der Waals surface area contributed by atoms with Crippen LogP contribution in [-0.2, 0) is 0 Å². The molecule has 1 N–H and O–H groups in total. The van der Waals surface area contributed by atoms with E-state index in [1.54, 1.807) is 23.6 Å². The lowest BCUT2D eigenvalue weighted by molar-refractivity contribution is 0.0925. The van der Waals surface area contributed by atoms with E-state index in [0.29, 0.717) is 11.5 Å². The van der Waals surface area contributed by atoms with E-state index in [2.05, 4.69) is 10.3 Å². The molecule has 0 spiro atoms. The molecule has 134 valence electrons. The van der Waals surface area contributed by atoms with Crippen LogP contribution in [0.4, 0.5) is 0 Å². The summed E-state index contributed by atoms with van der Waals surface area (Å²) < 4.78 is 1.19. The van der Waals surface area contributed by atoms with Crippen molar-refractivity contribution < 1.29 is 4.79 Å². The van der Waals surface area contributed by atoms with E-state index in [9.17, 15) is 4.79 Å². The Morgan fingerprint density at radius 1 is 1.19 bits per heavy atom. The summed E-state index contributed by atoms with van der Waals surface area (Å²) in [4.78, 5) is 21.3. The fourth-order valence-corrected chi connectivity index (χ4v) is 4.82. The van der Waals surface area contributed by atoms with Gasteiger partial charge in [0.2, 0.25) is 0 Å². The van der Waals surface area contributed by atoms with Crippen molar-refractivity contribution in [2.24, 2.45) is 0 Å². The topological polar surface area (TPSA) is 54.9 Å². The Morgan fingerprint density at radius 3 is 2.77 bits per heavy atom. The smallest absolute Gasteiger partial charge is 0.251 e. The predicted molar refractivity (Wildman–Crippen MR) is 106 cm³/mol. The second-order valence-electron chi connectivity index (χ2n) is 6.87. The van der Waals surface area contributed by atoms with Crippen LogP contribution >= 0.6 is 22.9 Å². The summed E-state index contributed by atoms with van der Waals surface area (Å²) in [5.74, 6) is 0.469. The highest BCUT2D eigenvalue weighted by Crippen LogP contribution is 2.37. The van der Waals surface area contributed by atoms with Crippen LogP contribution in [0.5, 0.6) is 0 Å². The quantitative estimate of drug-likeness (QED) is 0.681. The first-order valence-electron chi connectivity index (χ1n) is 8.88. The standard InChI is InChI=1S/C20H20ClN3OS/c1-12-10-14(8-9-22-12)19(25)23-16-5-2-13(3-6-16)20-24-17-11-15(21)4-7-18(17)26-20/h4,7-11,13,16H,2-3,5-6H2,1H3,(H,23,25). The zero-order valence-electron chi connectivity index (χ0n) is 14.5. The molecule has 26 heavy (non-hydrogen) atoms. The van der Waals surface area contributed by atoms with Crippen molar-refractivity contribution in [3.05, 3.63) is 57.8 Å². The average Bonchev–Trinajstić information content (AvgIpc) is 3.05. The van der Waals surface area contributed by atoms with Crippen LogP contribution in [0.15, 0.2) is 36.5 Å². The van der Waals surface area contributed by atoms with Gasteiger partial charge in [-0.1, -0.05) is 11.6 Å². The normalized spacial score (nSPS) is 20.2. The summed E-state index contributed by atoms with van der Waals surface area (Å²) in [6.45, 7) is 1.90. The third-order valence-electron chi connectivity index (χ3n) is 4.94. The molecule has 4 nitrogen and oxygen atoms in total. The van der Waals surface area contributed by atoms with Crippen LogP contribution in [-0.4, -0.2) is 21.9 Å². The van der Waals surface area contributed by atoms with Gasteiger partial charge in [-0.2, -0.15) is 0 Å². The highest BCUT2D eigenvalue weighted by molar-refractivity contribution is 7.18. The van der Waals surface area contributed by atoms with Crippen LogP contribution in [0.25, 0.3) is 10.2 Å². The third-order valence-corrected chi connectivity index (χ3v) is 6.37. The maximum Gasteiger partial charge on any atom is 0.251 e. The van der Waals surface area contributed by atoms with Gasteiger partial charge in [-0.3, -0.25) is 9.78 Å². The van der Waals surface area contributed by atoms with Crippen molar-refractivity contribution in [1.82, 2.24) is 15.3 Å². The van der Waals surface area contributed by atoms with Gasteiger partial charge in [0.25, 0.3) is 5.91 Å². The van der Waals surface area contributed by atoms with Crippen molar-refractivity contribution in [3.63, 3.8) is 0 Å². The number of carbonyl (C=O) groups is 1. The largest absolute Gasteiger partial charge is 0.349 e. The lowest BCUT2D eigenvalue weighted by Crippen LogP contribution is -2.37. The molecule has 1 fully saturated rings. The maximum atomic E-state index is 12.4. The molecule has 1 aromatic carbocycles. The van der Waals surface area contributed by atoms with E-state index in [-0.39, 0.29) is 11.9 Å². The minimum atomic E-state index is -0.00595. The van der Waals surface area contributed by atoms with Gasteiger partial charge in [0.1, 0.15) is 0 Å². The maximum absolute atomic E-state index is 12.4. The van der Waals surface area contributed by atoms with Gasteiger partial charge in [0.15, 0.2) is 0 Å². The van der Waals surface area contributed by atoms with Crippen molar-refractivity contribution in [2.75, 3.05) is 0 Å². The van der Waals surface area contributed by atoms with Crippen LogP contribution < -0.4 is 5.32 Å². The number of hydrogen-bond acceptors (Lipinski definition) is 4. The average molecular weight is 386 g/mol. The number of carbonyl (C=O) groups excluding carboxylic acids is 1. The minimum Gasteiger partial charge on any atom is -0.349 e. The molecule has 6 heteroatoms. The van der Waals surface area contributed by atoms with E-state index >= 15 is 0 Å². The Bertz CT molecular complexity index is 947. The Hall–Kier alpha value is -1.98. The molecule has 1 amide bonds. The lowest BCUT2D eigenvalue weighted by atomic mass is 9.86. The monoisotopic (exact) mass is 385 g/mol. The van der Waals surface area contributed by atoms with Crippen molar-refractivity contribution in [3.8, 4) is 0 Å². The number of halogens is 1. The third kappa shape index (κ3) is 3.74. The molecule has 2 heterocycles. The number of aromatic nitrogens is 2. The van der Waals surface area contributed by atoms with Gasteiger partial charge < -0.3 is 5.32 Å². The molecule has 0 saturated heterocycles. The van der Waals surface area contributed by atoms with Crippen molar-refractivity contribution in [2.45, 2.75) is 44.6 Å². The number of fused-ring (bicyclic) bond motifs is 1. The van der Waals surface area contributed by atoms with Crippen LogP contribution in [0.3, 0.4) is 0 Å². The molecule has 0 radical (unpaired) electrons. The van der Waals surface area contributed by atoms with Crippen LogP contribution in [0.2, 0.25) is 5.02 Å². The molecule has 4 rings (SSSR count). The van der Waals surface area contributed by atoms with Crippen LogP contribution in [0.1, 0.15) is 52.7 Å². The predicted octanol–water partition coefficient (Wildman–Crippen LogP) is 5.11. The Kier molecular flexibility index (Phi) is 4.92.